The summed E-state index contributed by atoms with van der Waals surface area (Å²) in [6, 6.07) is 9.49. The first-order valence-electron chi connectivity index (χ1n) is 7.78. The summed E-state index contributed by atoms with van der Waals surface area (Å²) >= 11 is 1.63. The predicted molar refractivity (Wildman–Crippen MR) is 94.2 cm³/mol. The molecule has 0 saturated carbocycles. The Morgan fingerprint density at radius 1 is 1.35 bits per heavy atom. The molecule has 0 aliphatic heterocycles. The summed E-state index contributed by atoms with van der Waals surface area (Å²) in [6.45, 7) is 2.26. The van der Waals surface area contributed by atoms with Crippen molar-refractivity contribution in [1.82, 2.24) is 9.55 Å². The Hall–Kier alpha value is -2.18. The van der Waals surface area contributed by atoms with Gasteiger partial charge in [-0.2, -0.15) is 0 Å². The molecule has 5 nitrogen and oxygen atoms in total. The lowest BCUT2D eigenvalue weighted by Gasteiger charge is -2.17. The Balaban J connectivity index is 2.04. The van der Waals surface area contributed by atoms with Gasteiger partial charge in [-0.3, -0.25) is 10.2 Å². The second-order valence-electron chi connectivity index (χ2n) is 6.09. The van der Waals surface area contributed by atoms with Crippen molar-refractivity contribution in [2.24, 2.45) is 11.8 Å². The average Bonchev–Trinajstić information content (AvgIpc) is 2.92. The Morgan fingerprint density at radius 3 is 2.87 bits per heavy atom. The number of nitrogens with one attached hydrogen (secondary N) is 1. The largest absolute Gasteiger partial charge is 0.293 e. The highest BCUT2D eigenvalue weighted by molar-refractivity contribution is 7.18. The van der Waals surface area contributed by atoms with Crippen LogP contribution in [0.4, 0.5) is 5.95 Å². The van der Waals surface area contributed by atoms with Crippen LogP contribution in [0, 0.1) is 5.92 Å². The van der Waals surface area contributed by atoms with E-state index in [1.165, 1.54) is 10.4 Å². The fraction of sp³-hybridized carbons (Fsp3) is 0.294. The Kier molecular flexibility index (Phi) is 3.43. The zero-order chi connectivity index (χ0) is 16.0. The summed E-state index contributed by atoms with van der Waals surface area (Å²) in [5, 5.41) is 0.764. The van der Waals surface area contributed by atoms with Crippen LogP contribution in [-0.2, 0) is 12.8 Å². The van der Waals surface area contributed by atoms with Crippen molar-refractivity contribution in [2.45, 2.75) is 26.2 Å². The van der Waals surface area contributed by atoms with Crippen LogP contribution in [0.2, 0.25) is 0 Å². The molecule has 1 atom stereocenters. The van der Waals surface area contributed by atoms with Crippen molar-refractivity contribution in [3.05, 3.63) is 51.1 Å². The number of benzene rings is 1. The third-order valence-corrected chi connectivity index (χ3v) is 5.62. The SMILES string of the molecule is C[C@@H]1CCc2c(sc3nc(NN)n(-c4ccccc4)c(=O)c23)C1. The number of aryl methyl sites for hydroxylation is 1. The van der Waals surface area contributed by atoms with Gasteiger partial charge < -0.3 is 0 Å². The lowest BCUT2D eigenvalue weighted by molar-refractivity contribution is 0.509. The van der Waals surface area contributed by atoms with Gasteiger partial charge in [-0.1, -0.05) is 25.1 Å². The smallest absolute Gasteiger partial charge is 0.268 e. The number of nitrogens with two attached hydrogens (primary N) is 1. The molecule has 2 heterocycles. The van der Waals surface area contributed by atoms with Gasteiger partial charge in [0.05, 0.1) is 11.1 Å². The van der Waals surface area contributed by atoms with Gasteiger partial charge in [-0.15, -0.1) is 11.3 Å². The second kappa shape index (κ2) is 5.47. The topological polar surface area (TPSA) is 72.9 Å². The number of nitrogen functional groups attached to an aromatic ring is 1. The molecular weight excluding hydrogens is 308 g/mol. The average molecular weight is 326 g/mol. The van der Waals surface area contributed by atoms with Crippen LogP contribution in [0.1, 0.15) is 23.8 Å². The van der Waals surface area contributed by atoms with E-state index in [9.17, 15) is 4.79 Å². The van der Waals surface area contributed by atoms with Crippen LogP contribution in [0.3, 0.4) is 0 Å². The number of para-hydroxylation sites is 1. The van der Waals surface area contributed by atoms with Crippen molar-refractivity contribution >= 4 is 27.5 Å². The van der Waals surface area contributed by atoms with Crippen molar-refractivity contribution < 1.29 is 0 Å². The number of hydrogen-bond donors (Lipinski definition) is 2. The molecule has 6 heteroatoms. The molecule has 0 bridgehead atoms. The van der Waals surface area contributed by atoms with E-state index in [1.54, 1.807) is 15.9 Å². The molecule has 0 saturated heterocycles. The first-order valence-corrected chi connectivity index (χ1v) is 8.60. The summed E-state index contributed by atoms with van der Waals surface area (Å²) in [6.07, 6.45) is 3.12. The van der Waals surface area contributed by atoms with Gasteiger partial charge in [0.1, 0.15) is 4.83 Å². The molecule has 0 spiro atoms. The Bertz CT molecular complexity index is 929. The minimum Gasteiger partial charge on any atom is -0.293 e. The highest BCUT2D eigenvalue weighted by Gasteiger charge is 2.24. The molecule has 0 radical (unpaired) electrons. The van der Waals surface area contributed by atoms with Crippen LogP contribution in [-0.4, -0.2) is 9.55 Å². The van der Waals surface area contributed by atoms with Gasteiger partial charge in [-0.25, -0.2) is 15.4 Å². The molecule has 2 aromatic heterocycles. The first kappa shape index (κ1) is 14.4. The number of fused-ring (bicyclic) bond motifs is 3. The van der Waals surface area contributed by atoms with Crippen LogP contribution in [0.15, 0.2) is 35.1 Å². The van der Waals surface area contributed by atoms with Crippen LogP contribution in [0.25, 0.3) is 15.9 Å². The molecule has 3 N–H and O–H groups in total. The van der Waals surface area contributed by atoms with E-state index in [-0.39, 0.29) is 5.56 Å². The monoisotopic (exact) mass is 326 g/mol. The molecule has 23 heavy (non-hydrogen) atoms. The molecule has 1 aromatic carbocycles. The van der Waals surface area contributed by atoms with Gasteiger partial charge in [0.2, 0.25) is 5.95 Å². The fourth-order valence-electron chi connectivity index (χ4n) is 3.30. The van der Waals surface area contributed by atoms with Gasteiger partial charge in [0.15, 0.2) is 0 Å². The van der Waals surface area contributed by atoms with Crippen molar-refractivity contribution in [3.63, 3.8) is 0 Å². The van der Waals surface area contributed by atoms with Crippen LogP contribution in [0.5, 0.6) is 0 Å². The fourth-order valence-corrected chi connectivity index (χ4v) is 4.68. The van der Waals surface area contributed by atoms with Crippen molar-refractivity contribution in [2.75, 3.05) is 5.43 Å². The highest BCUT2D eigenvalue weighted by Crippen LogP contribution is 2.36. The maximum Gasteiger partial charge on any atom is 0.268 e. The van der Waals surface area contributed by atoms with Gasteiger partial charge >= 0.3 is 0 Å². The molecular formula is C17H18N4OS. The minimum atomic E-state index is -0.0406. The number of hydrazine groups is 1. The standard InChI is InChI=1S/C17H18N4OS/c1-10-7-8-12-13(9-10)23-15-14(12)16(22)21(17(19-15)20-18)11-5-3-2-4-6-11/h2-6,10H,7-9,18H2,1H3,(H,19,20)/t10-/m1/s1. The molecule has 0 unspecified atom stereocenters. The Morgan fingerprint density at radius 2 is 2.13 bits per heavy atom. The molecule has 118 valence electrons. The first-order chi connectivity index (χ1) is 11.2. The molecule has 4 rings (SSSR count). The molecule has 1 aliphatic rings. The summed E-state index contributed by atoms with van der Waals surface area (Å²) in [5.74, 6) is 6.67. The van der Waals surface area contributed by atoms with Crippen molar-refractivity contribution in [1.29, 1.82) is 0 Å². The number of aromatic nitrogens is 2. The summed E-state index contributed by atoms with van der Waals surface area (Å²) in [4.78, 5) is 19.9. The van der Waals surface area contributed by atoms with E-state index in [2.05, 4.69) is 17.3 Å². The van der Waals surface area contributed by atoms with Crippen LogP contribution < -0.4 is 16.8 Å². The summed E-state index contributed by atoms with van der Waals surface area (Å²) in [5.41, 5.74) is 4.49. The van der Waals surface area contributed by atoms with E-state index >= 15 is 0 Å². The minimum absolute atomic E-state index is 0.0406. The third-order valence-electron chi connectivity index (χ3n) is 4.47. The van der Waals surface area contributed by atoms with Gasteiger partial charge in [0.25, 0.3) is 5.56 Å². The lowest BCUT2D eigenvalue weighted by Crippen LogP contribution is -2.26. The van der Waals surface area contributed by atoms with E-state index in [0.717, 1.165) is 35.2 Å². The maximum absolute atomic E-state index is 13.2. The van der Waals surface area contributed by atoms with E-state index in [0.29, 0.717) is 11.9 Å². The zero-order valence-electron chi connectivity index (χ0n) is 12.9. The number of anilines is 1. The molecule has 3 aromatic rings. The van der Waals surface area contributed by atoms with Gasteiger partial charge in [0, 0.05) is 4.88 Å². The zero-order valence-corrected chi connectivity index (χ0v) is 13.7. The highest BCUT2D eigenvalue weighted by atomic mass is 32.1. The predicted octanol–water partition coefficient (Wildman–Crippen LogP) is 2.86. The van der Waals surface area contributed by atoms with E-state index in [1.807, 2.05) is 30.3 Å². The molecule has 0 amide bonds. The number of nitrogens with zero attached hydrogens (tertiary/aromatic N) is 2. The number of hydrogen-bond acceptors (Lipinski definition) is 5. The summed E-state index contributed by atoms with van der Waals surface area (Å²) < 4.78 is 1.56. The normalized spacial score (nSPS) is 17.2. The number of thiophene rings is 1. The molecule has 1 aliphatic carbocycles. The van der Waals surface area contributed by atoms with E-state index in [4.69, 9.17) is 5.84 Å². The quantitative estimate of drug-likeness (QED) is 0.561. The maximum atomic E-state index is 13.2. The lowest BCUT2D eigenvalue weighted by atomic mass is 9.89. The third kappa shape index (κ3) is 2.26. The summed E-state index contributed by atoms with van der Waals surface area (Å²) in [7, 11) is 0. The van der Waals surface area contributed by atoms with Crippen LogP contribution >= 0.6 is 11.3 Å². The second-order valence-corrected chi connectivity index (χ2v) is 7.17. The van der Waals surface area contributed by atoms with Crippen molar-refractivity contribution in [3.8, 4) is 5.69 Å². The Labute approximate surface area is 137 Å². The molecule has 0 fully saturated rings. The van der Waals surface area contributed by atoms with Gasteiger partial charge in [-0.05, 0) is 42.9 Å². The number of rotatable bonds is 2. The van der Waals surface area contributed by atoms with E-state index < -0.39 is 0 Å².